The molecule has 6 rings (SSSR count). The van der Waals surface area contributed by atoms with Gasteiger partial charge in [-0.2, -0.15) is 12.1 Å². The summed E-state index contributed by atoms with van der Waals surface area (Å²) in [5.74, 6) is 1.15. The molecule has 0 saturated carbocycles. The summed E-state index contributed by atoms with van der Waals surface area (Å²) in [6.45, 7) is 5.70. The van der Waals surface area contributed by atoms with Crippen LogP contribution in [-0.2, 0) is 17.1 Å². The quantitative estimate of drug-likeness (QED) is 0.0241. The van der Waals surface area contributed by atoms with Crippen molar-refractivity contribution >= 4 is 23.9 Å². The molecule has 0 heterocycles. The number of carbonyl (C=O) groups excluding carboxylic acids is 4. The van der Waals surface area contributed by atoms with Gasteiger partial charge in [-0.3, -0.25) is 4.79 Å². The summed E-state index contributed by atoms with van der Waals surface area (Å²) in [5.41, 5.74) is 1.83. The largest absolute Gasteiger partial charge is 0.680 e. The van der Waals surface area contributed by atoms with Gasteiger partial charge in [0.25, 0.3) is 5.97 Å². The average molecular weight is 867 g/mol. The molecule has 0 aliphatic carbocycles. The van der Waals surface area contributed by atoms with E-state index in [2.05, 4.69) is 13.8 Å². The first-order valence-corrected chi connectivity index (χ1v) is 20.3. The van der Waals surface area contributed by atoms with Gasteiger partial charge in [-0.25, -0.2) is 21.7 Å². The van der Waals surface area contributed by atoms with Crippen molar-refractivity contribution in [3.05, 3.63) is 168 Å². The van der Waals surface area contributed by atoms with Gasteiger partial charge in [-0.15, -0.1) is 0 Å². The van der Waals surface area contributed by atoms with Gasteiger partial charge in [0, 0.05) is 17.1 Å². The molecule has 324 valence electrons. The first kappa shape index (κ1) is 47.3. The second-order valence-corrected chi connectivity index (χ2v) is 13.7. The van der Waals surface area contributed by atoms with Crippen LogP contribution in [0.3, 0.4) is 0 Å². The molecule has 0 bridgehead atoms. The van der Waals surface area contributed by atoms with E-state index in [0.29, 0.717) is 58.5 Å². The predicted molar refractivity (Wildman–Crippen MR) is 229 cm³/mol. The van der Waals surface area contributed by atoms with Gasteiger partial charge in [0.15, 0.2) is 0 Å². The second kappa shape index (κ2) is 25.9. The van der Waals surface area contributed by atoms with Crippen LogP contribution < -0.4 is 28.4 Å². The van der Waals surface area contributed by atoms with Gasteiger partial charge in [0.2, 0.25) is 0 Å². The van der Waals surface area contributed by atoms with E-state index in [0.717, 1.165) is 37.2 Å². The Labute approximate surface area is 367 Å². The molecule has 0 amide bonds. The Morgan fingerprint density at radius 3 is 1.21 bits per heavy atom. The molecule has 6 aromatic carbocycles. The van der Waals surface area contributed by atoms with Crippen molar-refractivity contribution in [3.63, 3.8) is 0 Å². The molecule has 0 aromatic heterocycles. The number of hydrogen-bond donors (Lipinski definition) is 0. The van der Waals surface area contributed by atoms with Crippen LogP contribution in [0.15, 0.2) is 146 Å². The summed E-state index contributed by atoms with van der Waals surface area (Å²) in [4.78, 5) is 48.5. The van der Waals surface area contributed by atoms with Gasteiger partial charge in [0.05, 0.1) is 30.1 Å². The van der Waals surface area contributed by atoms with Gasteiger partial charge in [-0.05, 0) is 110 Å². The smallest absolute Gasteiger partial charge is 0.343 e. The normalized spacial score (nSPS) is 10.3. The Kier molecular flexibility index (Phi) is 20.1. The molecule has 11 heteroatoms. The van der Waals surface area contributed by atoms with Crippen molar-refractivity contribution in [1.82, 2.24) is 0 Å². The molecular formula is C50H50FeO10-6. The molecule has 0 N–H and O–H groups in total. The van der Waals surface area contributed by atoms with Crippen LogP contribution in [0.1, 0.15) is 107 Å². The molecule has 61 heavy (non-hydrogen) atoms. The number of esters is 4. The summed E-state index contributed by atoms with van der Waals surface area (Å²) in [6, 6.07) is 40.3. The minimum atomic E-state index is -0.467. The van der Waals surface area contributed by atoms with Crippen molar-refractivity contribution in [2.45, 2.75) is 65.2 Å². The molecule has 0 aliphatic heterocycles. The van der Waals surface area contributed by atoms with E-state index >= 15 is 0 Å². The van der Waals surface area contributed by atoms with Crippen LogP contribution in [0.4, 0.5) is 0 Å². The summed E-state index contributed by atoms with van der Waals surface area (Å²) in [6.07, 6.45) is 9.18. The van der Waals surface area contributed by atoms with Gasteiger partial charge in [0.1, 0.15) is 28.7 Å². The Balaban J connectivity index is 0.000000264. The van der Waals surface area contributed by atoms with Gasteiger partial charge in [-0.1, -0.05) is 63.9 Å². The molecule has 0 atom stereocenters. The van der Waals surface area contributed by atoms with Crippen LogP contribution in [0, 0.1) is 0 Å². The number of unbranched alkanes of at least 4 members (excludes halogenated alkanes) is 6. The molecule has 0 spiro atoms. The predicted octanol–water partition coefficient (Wildman–Crippen LogP) is 11.6. The second-order valence-electron chi connectivity index (χ2n) is 13.7. The van der Waals surface area contributed by atoms with E-state index in [1.807, 2.05) is 0 Å². The van der Waals surface area contributed by atoms with Crippen LogP contribution >= 0.6 is 0 Å². The number of hydrogen-bond acceptors (Lipinski definition) is 10. The third-order valence-electron chi connectivity index (χ3n) is 9.00. The summed E-state index contributed by atoms with van der Waals surface area (Å²) in [5, 5.41) is 0. The summed E-state index contributed by atoms with van der Waals surface area (Å²) >= 11 is 0. The number of rotatable bonds is 20. The van der Waals surface area contributed by atoms with Crippen LogP contribution in [0.5, 0.6) is 34.5 Å². The van der Waals surface area contributed by atoms with E-state index < -0.39 is 23.9 Å². The van der Waals surface area contributed by atoms with Crippen LogP contribution in [-0.4, -0.2) is 37.1 Å². The van der Waals surface area contributed by atoms with Crippen LogP contribution in [0.2, 0.25) is 0 Å². The maximum absolute atomic E-state index is 12.3. The Morgan fingerprint density at radius 1 is 0.459 bits per heavy atom. The zero-order valence-corrected chi connectivity index (χ0v) is 35.5. The fraction of sp³-hybridized carbons (Fsp3) is 0.240. The maximum atomic E-state index is 12.3. The average Bonchev–Trinajstić information content (AvgIpc) is 4.02. The molecule has 0 unspecified atom stereocenters. The maximum Gasteiger partial charge on any atom is 0.343 e. The van der Waals surface area contributed by atoms with Crippen molar-refractivity contribution < 1.29 is 64.7 Å². The molecular weight excluding hydrogens is 816 g/mol. The van der Waals surface area contributed by atoms with Gasteiger partial charge < -0.3 is 63.0 Å². The van der Waals surface area contributed by atoms with Crippen molar-refractivity contribution in [1.29, 1.82) is 0 Å². The Bertz CT molecular complexity index is 2020. The van der Waals surface area contributed by atoms with E-state index in [1.165, 1.54) is 25.7 Å². The third-order valence-corrected chi connectivity index (χ3v) is 9.00. The summed E-state index contributed by atoms with van der Waals surface area (Å²) in [7, 11) is 0. The SMILES string of the molecule is CCCCCCOc1ccc(C(=O)Oc2ccc(OC(=O)[c-]3[cH-][cH-][cH-][cH-]3)cc2)cc1.CCCCCCOc1ccc(C(=O)Oc2ccc(OC(=O)[c-]3cccc3)cc2)cc1.[Fe]. The topological polar surface area (TPSA) is 124 Å². The first-order chi connectivity index (χ1) is 29.3. The molecule has 0 aliphatic rings. The molecule has 0 radical (unpaired) electrons. The van der Waals surface area contributed by atoms with Crippen molar-refractivity contribution in [3.8, 4) is 34.5 Å². The first-order valence-electron chi connectivity index (χ1n) is 20.3. The van der Waals surface area contributed by atoms with E-state index in [-0.39, 0.29) is 17.1 Å². The summed E-state index contributed by atoms with van der Waals surface area (Å²) < 4.78 is 32.7. The minimum absolute atomic E-state index is 0. The zero-order chi connectivity index (χ0) is 42.4. The van der Waals surface area contributed by atoms with Crippen LogP contribution in [0.25, 0.3) is 0 Å². The molecule has 0 saturated heterocycles. The monoisotopic (exact) mass is 866 g/mol. The van der Waals surface area contributed by atoms with Crippen molar-refractivity contribution in [2.75, 3.05) is 13.2 Å². The molecule has 10 nitrogen and oxygen atoms in total. The zero-order valence-electron chi connectivity index (χ0n) is 34.4. The van der Waals surface area contributed by atoms with E-state index in [1.54, 1.807) is 146 Å². The third kappa shape index (κ3) is 16.3. The van der Waals surface area contributed by atoms with Crippen molar-refractivity contribution in [2.24, 2.45) is 0 Å². The van der Waals surface area contributed by atoms with Gasteiger partial charge >= 0.3 is 11.9 Å². The fourth-order valence-corrected chi connectivity index (χ4v) is 5.65. The number of benzene rings is 4. The number of carbonyl (C=O) groups is 4. The Hall–Kier alpha value is -6.42. The standard InChI is InChI=1S/2C25H25O5.Fe/c2*1-2-3-4-7-18-28-21-12-10-20(11-13-21)25(27)30-23-16-14-22(15-17-23)29-24(26)19-8-5-6-9-19;/h2*5-6,8-17H,2-4,7,18H2,1H3;/q-5;-1;. The minimum Gasteiger partial charge on any atom is -0.680 e. The fourth-order valence-electron chi connectivity index (χ4n) is 5.65. The Morgan fingerprint density at radius 2 is 0.820 bits per heavy atom. The van der Waals surface area contributed by atoms with E-state index in [9.17, 15) is 19.2 Å². The molecule has 6 aromatic rings. The van der Waals surface area contributed by atoms with E-state index in [4.69, 9.17) is 28.4 Å². The number of ether oxygens (including phenoxy) is 6. The molecule has 0 fully saturated rings.